The minimum atomic E-state index is 0.0956. The van der Waals surface area contributed by atoms with Crippen molar-refractivity contribution in [3.63, 3.8) is 0 Å². The molecule has 3 heteroatoms. The predicted molar refractivity (Wildman–Crippen MR) is 175 cm³/mol. The van der Waals surface area contributed by atoms with E-state index in [0.717, 1.165) is 0 Å². The Morgan fingerprint density at radius 2 is 0.528 bits per heavy atom. The molecule has 1 rings (SSSR count). The van der Waals surface area contributed by atoms with E-state index in [1.165, 1.54) is 41.3 Å². The first-order valence-electron chi connectivity index (χ1n) is 13.6. The standard InChI is InChI=1S/C33H57P3/c1-28(2,3)19-22(31(10,11)12)25-34-26(23(32(13,14)15)20-29(4,5)6)36-27(35-25)24(33(16,17)18)21-30(7,8)9/h19-21H,1-18H3/b22-19+,23-20+,24-21+. The number of allylic oxidation sites excluding steroid dienone is 6. The van der Waals surface area contributed by atoms with Crippen LogP contribution in [0.15, 0.2) is 18.2 Å². The molecule has 0 unspecified atom stereocenters. The van der Waals surface area contributed by atoms with Gasteiger partial charge in [0.05, 0.1) is 0 Å². The van der Waals surface area contributed by atoms with Gasteiger partial charge in [-0.05, 0) is 73.8 Å². The second-order valence-electron chi connectivity index (χ2n) is 16.8. The maximum Gasteiger partial charge on any atom is 0.0343 e. The highest BCUT2D eigenvalue weighted by Gasteiger charge is 2.30. The fraction of sp³-hybridized carbons (Fsp3) is 0.727. The average Bonchev–Trinajstić information content (AvgIpc) is 2.57. The van der Waals surface area contributed by atoms with Gasteiger partial charge in [-0.25, -0.2) is 0 Å². The van der Waals surface area contributed by atoms with Gasteiger partial charge in [0, 0.05) is 15.1 Å². The van der Waals surface area contributed by atoms with Gasteiger partial charge >= 0.3 is 0 Å². The first-order chi connectivity index (χ1) is 15.6. The minimum Gasteiger partial charge on any atom is -0.0741 e. The second-order valence-corrected chi connectivity index (χ2v) is 21.2. The van der Waals surface area contributed by atoms with E-state index in [0.29, 0.717) is 0 Å². The first-order valence-corrected chi connectivity index (χ1v) is 16.3. The van der Waals surface area contributed by atoms with Gasteiger partial charge in [0.1, 0.15) is 0 Å². The van der Waals surface area contributed by atoms with Gasteiger partial charge in [0.25, 0.3) is 0 Å². The van der Waals surface area contributed by atoms with E-state index in [4.69, 9.17) is 0 Å². The summed E-state index contributed by atoms with van der Waals surface area (Å²) >= 11 is 0. The predicted octanol–water partition coefficient (Wildman–Crippen LogP) is 13.9. The van der Waals surface area contributed by atoms with E-state index >= 15 is 0 Å². The van der Waals surface area contributed by atoms with Crippen molar-refractivity contribution in [3.05, 3.63) is 33.3 Å². The van der Waals surface area contributed by atoms with E-state index in [9.17, 15) is 0 Å². The van der Waals surface area contributed by atoms with Crippen LogP contribution in [-0.2, 0) is 0 Å². The van der Waals surface area contributed by atoms with Crippen LogP contribution in [-0.4, -0.2) is 0 Å². The number of rotatable bonds is 3. The molecule has 0 radical (unpaired) electrons. The van der Waals surface area contributed by atoms with Crippen molar-refractivity contribution < 1.29 is 0 Å². The zero-order chi connectivity index (χ0) is 28.7. The lowest BCUT2D eigenvalue weighted by Crippen LogP contribution is -2.14. The SMILES string of the molecule is CC(C)(C)/C=C(\c1pc(/C(=C\C(C)(C)C)C(C)(C)C)pc(/C(=C\C(C)(C)C)C(C)(C)C)p1)C(C)(C)C. The largest absolute Gasteiger partial charge is 0.0741 e. The summed E-state index contributed by atoms with van der Waals surface area (Å²) in [5.41, 5.74) is 5.27. The van der Waals surface area contributed by atoms with Crippen molar-refractivity contribution in [1.29, 1.82) is 0 Å². The van der Waals surface area contributed by atoms with E-state index in [1.807, 2.05) is 0 Å². The third kappa shape index (κ3) is 11.2. The van der Waals surface area contributed by atoms with Crippen molar-refractivity contribution >= 4 is 41.3 Å². The molecule has 0 aliphatic heterocycles. The summed E-state index contributed by atoms with van der Waals surface area (Å²) in [5.74, 6) is 0. The summed E-state index contributed by atoms with van der Waals surface area (Å²) in [6, 6.07) is 0. The molecule has 1 heterocycles. The summed E-state index contributed by atoms with van der Waals surface area (Å²) in [6.45, 7) is 42.5. The third-order valence-electron chi connectivity index (χ3n) is 5.51. The molecule has 0 bridgehead atoms. The Hall–Kier alpha value is -0.270. The van der Waals surface area contributed by atoms with Gasteiger partial charge in [-0.2, -0.15) is 0 Å². The summed E-state index contributed by atoms with van der Waals surface area (Å²) in [4.78, 5) is 0. The van der Waals surface area contributed by atoms with Crippen molar-refractivity contribution in [2.45, 2.75) is 125 Å². The zero-order valence-electron chi connectivity index (χ0n) is 27.1. The maximum atomic E-state index is 2.55. The monoisotopic (exact) mass is 546 g/mol. The molecule has 0 saturated carbocycles. The summed E-state index contributed by atoms with van der Waals surface area (Å²) in [5, 5.41) is 4.69. The molecule has 1 aromatic rings. The van der Waals surface area contributed by atoms with Gasteiger partial charge in [-0.15, -0.1) is 0 Å². The van der Waals surface area contributed by atoms with Gasteiger partial charge in [-0.3, -0.25) is 0 Å². The fourth-order valence-corrected chi connectivity index (χ4v) is 10.7. The van der Waals surface area contributed by atoms with Crippen molar-refractivity contribution in [2.24, 2.45) is 32.5 Å². The summed E-state index contributed by atoms with van der Waals surface area (Å²) in [7, 11) is 4.19. The molecule has 204 valence electrons. The Kier molecular flexibility index (Phi) is 10.4. The van der Waals surface area contributed by atoms with Gasteiger partial charge < -0.3 is 0 Å². The molecule has 0 spiro atoms. The quantitative estimate of drug-likeness (QED) is 0.354. The summed E-state index contributed by atoms with van der Waals surface area (Å²) < 4.78 is 0. The van der Waals surface area contributed by atoms with Crippen LogP contribution in [0.2, 0.25) is 0 Å². The van der Waals surface area contributed by atoms with Gasteiger partial charge in [-0.1, -0.05) is 143 Å². The second kappa shape index (κ2) is 11.1. The van der Waals surface area contributed by atoms with E-state index in [1.54, 1.807) is 15.1 Å². The van der Waals surface area contributed by atoms with Crippen LogP contribution in [0.5, 0.6) is 0 Å². The molecule has 0 nitrogen and oxygen atoms in total. The van der Waals surface area contributed by atoms with E-state index in [2.05, 4.69) is 143 Å². The van der Waals surface area contributed by atoms with Crippen molar-refractivity contribution in [2.75, 3.05) is 0 Å². The third-order valence-corrected chi connectivity index (χ3v) is 10.0. The topological polar surface area (TPSA) is 0 Å². The molecule has 0 aromatic carbocycles. The molecule has 36 heavy (non-hydrogen) atoms. The molecule has 0 amide bonds. The number of hydrogen-bond acceptors (Lipinski definition) is 0. The summed E-state index contributed by atoms with van der Waals surface area (Å²) in [6.07, 6.45) is 7.65. The van der Waals surface area contributed by atoms with Gasteiger partial charge in [0.15, 0.2) is 0 Å². The molecule has 1 aromatic heterocycles. The maximum absolute atomic E-state index is 2.55. The first kappa shape index (κ1) is 33.8. The molecule has 0 N–H and O–H groups in total. The number of hydrogen-bond donors (Lipinski definition) is 0. The lowest BCUT2D eigenvalue weighted by molar-refractivity contribution is 0.518. The smallest absolute Gasteiger partial charge is 0.0343 e. The van der Waals surface area contributed by atoms with Crippen LogP contribution < -0.4 is 0 Å². The van der Waals surface area contributed by atoms with Crippen LogP contribution in [0.4, 0.5) is 0 Å². The van der Waals surface area contributed by atoms with Crippen LogP contribution in [0.3, 0.4) is 0 Å². The Morgan fingerprint density at radius 1 is 0.361 bits per heavy atom. The Balaban J connectivity index is 4.33. The molecule has 0 aliphatic carbocycles. The Bertz CT molecular complexity index is 862. The molecule has 0 fully saturated rings. The Labute approximate surface area is 231 Å². The van der Waals surface area contributed by atoms with Crippen molar-refractivity contribution in [1.82, 2.24) is 0 Å². The van der Waals surface area contributed by atoms with Crippen LogP contribution in [0.25, 0.3) is 16.7 Å². The Morgan fingerprint density at radius 3 is 0.639 bits per heavy atom. The highest BCUT2D eigenvalue weighted by Crippen LogP contribution is 2.57. The highest BCUT2D eigenvalue weighted by molar-refractivity contribution is 7.63. The minimum absolute atomic E-state index is 0.0956. The normalized spacial score (nSPS) is 16.7. The zero-order valence-corrected chi connectivity index (χ0v) is 29.8. The van der Waals surface area contributed by atoms with Gasteiger partial charge in [0.2, 0.25) is 0 Å². The molecular weight excluding hydrogens is 489 g/mol. The van der Waals surface area contributed by atoms with Crippen LogP contribution >= 0.6 is 24.6 Å². The van der Waals surface area contributed by atoms with E-state index in [-0.39, 0.29) is 32.5 Å². The molecule has 0 saturated heterocycles. The fourth-order valence-electron chi connectivity index (χ4n) is 3.89. The van der Waals surface area contributed by atoms with Crippen LogP contribution in [0.1, 0.15) is 140 Å². The highest BCUT2D eigenvalue weighted by atomic mass is 31.1. The molecule has 0 aliphatic rings. The van der Waals surface area contributed by atoms with Crippen molar-refractivity contribution in [3.8, 4) is 0 Å². The lowest BCUT2D eigenvalue weighted by atomic mass is 9.82. The molecule has 0 atom stereocenters. The lowest BCUT2D eigenvalue weighted by Gasteiger charge is -2.32. The average molecular weight is 547 g/mol. The van der Waals surface area contributed by atoms with E-state index < -0.39 is 0 Å². The molecular formula is C33H57P3. The van der Waals surface area contributed by atoms with Crippen LogP contribution in [0, 0.1) is 32.5 Å².